The Balaban J connectivity index is 2.02. The van der Waals surface area contributed by atoms with Crippen molar-refractivity contribution in [2.24, 2.45) is 0 Å². The molecule has 1 aromatic rings. The monoisotopic (exact) mass is 360 g/mol. The summed E-state index contributed by atoms with van der Waals surface area (Å²) in [6.07, 6.45) is 12.6. The smallest absolute Gasteiger partial charge is 0.0893 e. The zero-order valence-electron chi connectivity index (χ0n) is 13.0. The summed E-state index contributed by atoms with van der Waals surface area (Å²) in [7, 11) is 0. The topological polar surface area (TPSA) is 20.2 Å². The minimum Gasteiger partial charge on any atom is -0.388 e. The van der Waals surface area contributed by atoms with E-state index in [-0.39, 0.29) is 6.10 Å². The van der Waals surface area contributed by atoms with E-state index < -0.39 is 0 Å². The summed E-state index contributed by atoms with van der Waals surface area (Å²) < 4.78 is 1.07. The molecule has 0 aliphatic rings. The van der Waals surface area contributed by atoms with Crippen LogP contribution in [0.15, 0.2) is 10.5 Å². The van der Waals surface area contributed by atoms with Crippen molar-refractivity contribution in [3.05, 3.63) is 20.3 Å². The van der Waals surface area contributed by atoms with Crippen LogP contribution in [0.5, 0.6) is 0 Å². The fourth-order valence-corrected chi connectivity index (χ4v) is 4.44. The molecular formula is C17H29BrOS. The van der Waals surface area contributed by atoms with Crippen LogP contribution in [-0.2, 0) is 0 Å². The summed E-state index contributed by atoms with van der Waals surface area (Å²) in [6, 6.07) is 2.10. The second-order valence-corrected chi connectivity index (χ2v) is 7.84. The van der Waals surface area contributed by atoms with E-state index in [0.29, 0.717) is 0 Å². The third-order valence-corrected chi connectivity index (χ3v) is 5.79. The standard InChI is InChI=1S/C17H29BrOS/c1-3-4-5-6-7-8-9-10-11-12-16(19)17-15(18)13-14(2)20-17/h13,16,19H,3-12H2,1-2H3. The van der Waals surface area contributed by atoms with Gasteiger partial charge in [-0.15, -0.1) is 11.3 Å². The number of aliphatic hydroxyl groups excluding tert-OH is 1. The van der Waals surface area contributed by atoms with E-state index in [0.717, 1.165) is 22.2 Å². The highest BCUT2D eigenvalue weighted by Crippen LogP contribution is 2.34. The summed E-state index contributed by atoms with van der Waals surface area (Å²) in [5.41, 5.74) is 0. The van der Waals surface area contributed by atoms with Gasteiger partial charge in [0.05, 0.1) is 6.10 Å². The van der Waals surface area contributed by atoms with Crippen LogP contribution in [-0.4, -0.2) is 5.11 Å². The lowest BCUT2D eigenvalue weighted by atomic mass is 10.0. The molecule has 0 amide bonds. The molecule has 0 radical (unpaired) electrons. The van der Waals surface area contributed by atoms with Crippen LogP contribution >= 0.6 is 27.3 Å². The van der Waals surface area contributed by atoms with Crippen LogP contribution in [0.1, 0.15) is 87.0 Å². The van der Waals surface area contributed by atoms with Crippen LogP contribution in [0.2, 0.25) is 0 Å². The van der Waals surface area contributed by atoms with Crippen molar-refractivity contribution in [2.75, 3.05) is 0 Å². The van der Waals surface area contributed by atoms with Gasteiger partial charge in [-0.3, -0.25) is 0 Å². The fourth-order valence-electron chi connectivity index (χ4n) is 2.51. The molecule has 1 atom stereocenters. The lowest BCUT2D eigenvalue weighted by Gasteiger charge is -2.09. The molecule has 20 heavy (non-hydrogen) atoms. The van der Waals surface area contributed by atoms with Gasteiger partial charge in [0, 0.05) is 14.2 Å². The molecule has 0 fully saturated rings. The van der Waals surface area contributed by atoms with Crippen LogP contribution in [0.4, 0.5) is 0 Å². The van der Waals surface area contributed by atoms with Crippen molar-refractivity contribution < 1.29 is 5.11 Å². The maximum absolute atomic E-state index is 10.2. The highest BCUT2D eigenvalue weighted by atomic mass is 79.9. The summed E-state index contributed by atoms with van der Waals surface area (Å²) in [5, 5.41) is 10.2. The van der Waals surface area contributed by atoms with E-state index in [1.807, 2.05) is 0 Å². The van der Waals surface area contributed by atoms with Gasteiger partial charge in [0.15, 0.2) is 0 Å². The van der Waals surface area contributed by atoms with Crippen molar-refractivity contribution in [2.45, 2.75) is 84.2 Å². The Morgan fingerprint density at radius 3 is 2.10 bits per heavy atom. The Labute approximate surface area is 136 Å². The van der Waals surface area contributed by atoms with Crippen molar-refractivity contribution in [3.63, 3.8) is 0 Å². The molecule has 0 saturated carbocycles. The minimum absolute atomic E-state index is 0.285. The number of unbranched alkanes of at least 4 members (excludes halogenated alkanes) is 8. The predicted molar refractivity (Wildman–Crippen MR) is 93.6 cm³/mol. The molecule has 0 aromatic carbocycles. The fraction of sp³-hybridized carbons (Fsp3) is 0.765. The molecule has 0 bridgehead atoms. The van der Waals surface area contributed by atoms with Gasteiger partial charge in [-0.05, 0) is 35.3 Å². The highest BCUT2D eigenvalue weighted by Gasteiger charge is 2.13. The van der Waals surface area contributed by atoms with Crippen LogP contribution in [0, 0.1) is 6.92 Å². The molecule has 1 unspecified atom stereocenters. The summed E-state index contributed by atoms with van der Waals surface area (Å²) in [5.74, 6) is 0. The lowest BCUT2D eigenvalue weighted by Crippen LogP contribution is -1.95. The molecule has 0 aliphatic heterocycles. The molecule has 1 N–H and O–H groups in total. The Hall–Kier alpha value is 0.140. The average molecular weight is 361 g/mol. The first kappa shape index (κ1) is 18.2. The van der Waals surface area contributed by atoms with Gasteiger partial charge in [0.2, 0.25) is 0 Å². The van der Waals surface area contributed by atoms with Crippen molar-refractivity contribution in [1.29, 1.82) is 0 Å². The van der Waals surface area contributed by atoms with E-state index in [1.165, 1.54) is 56.2 Å². The lowest BCUT2D eigenvalue weighted by molar-refractivity contribution is 0.166. The van der Waals surface area contributed by atoms with E-state index in [4.69, 9.17) is 0 Å². The third kappa shape index (κ3) is 7.24. The van der Waals surface area contributed by atoms with Gasteiger partial charge in [-0.1, -0.05) is 64.7 Å². The molecule has 116 valence electrons. The predicted octanol–water partition coefficient (Wildman–Crippen LogP) is 6.77. The Bertz CT molecular complexity index is 362. The van der Waals surface area contributed by atoms with Gasteiger partial charge in [-0.2, -0.15) is 0 Å². The Morgan fingerprint density at radius 1 is 1.05 bits per heavy atom. The second-order valence-electron chi connectivity index (χ2n) is 5.70. The molecule has 1 heterocycles. The van der Waals surface area contributed by atoms with E-state index in [1.54, 1.807) is 11.3 Å². The largest absolute Gasteiger partial charge is 0.388 e. The number of hydrogen-bond acceptors (Lipinski definition) is 2. The number of thiophene rings is 1. The first-order chi connectivity index (χ1) is 9.65. The van der Waals surface area contributed by atoms with Gasteiger partial charge in [-0.25, -0.2) is 0 Å². The number of aliphatic hydroxyl groups is 1. The Morgan fingerprint density at radius 2 is 1.60 bits per heavy atom. The molecule has 1 nitrogen and oxygen atoms in total. The minimum atomic E-state index is -0.285. The Kier molecular flexibility index (Phi) is 9.83. The summed E-state index contributed by atoms with van der Waals surface area (Å²) in [4.78, 5) is 2.36. The SMILES string of the molecule is CCCCCCCCCCCC(O)c1sc(C)cc1Br. The van der Waals surface area contributed by atoms with E-state index in [2.05, 4.69) is 35.8 Å². The van der Waals surface area contributed by atoms with E-state index >= 15 is 0 Å². The van der Waals surface area contributed by atoms with Crippen LogP contribution in [0.25, 0.3) is 0 Å². The summed E-state index contributed by atoms with van der Waals surface area (Å²) in [6.45, 7) is 4.35. The van der Waals surface area contributed by atoms with Gasteiger partial charge in [0.25, 0.3) is 0 Å². The molecule has 0 aliphatic carbocycles. The molecular weight excluding hydrogens is 332 g/mol. The number of rotatable bonds is 11. The zero-order chi connectivity index (χ0) is 14.8. The molecule has 0 spiro atoms. The van der Waals surface area contributed by atoms with E-state index in [9.17, 15) is 5.11 Å². The molecule has 1 aromatic heterocycles. The number of halogens is 1. The van der Waals surface area contributed by atoms with Crippen LogP contribution < -0.4 is 0 Å². The number of aryl methyl sites for hydroxylation is 1. The second kappa shape index (κ2) is 10.8. The molecule has 3 heteroatoms. The van der Waals surface area contributed by atoms with Gasteiger partial charge >= 0.3 is 0 Å². The molecule has 1 rings (SSSR count). The van der Waals surface area contributed by atoms with Crippen molar-refractivity contribution in [1.82, 2.24) is 0 Å². The first-order valence-electron chi connectivity index (χ1n) is 8.09. The highest BCUT2D eigenvalue weighted by molar-refractivity contribution is 9.10. The average Bonchev–Trinajstić information content (AvgIpc) is 2.75. The van der Waals surface area contributed by atoms with Gasteiger partial charge in [0.1, 0.15) is 0 Å². The van der Waals surface area contributed by atoms with Crippen molar-refractivity contribution in [3.8, 4) is 0 Å². The van der Waals surface area contributed by atoms with Crippen LogP contribution in [0.3, 0.4) is 0 Å². The molecule has 0 saturated heterocycles. The summed E-state index contributed by atoms with van der Waals surface area (Å²) >= 11 is 5.24. The number of hydrogen-bond donors (Lipinski definition) is 1. The maximum Gasteiger partial charge on any atom is 0.0893 e. The maximum atomic E-state index is 10.2. The van der Waals surface area contributed by atoms with Crippen molar-refractivity contribution >= 4 is 27.3 Å². The third-order valence-electron chi connectivity index (χ3n) is 3.72. The quantitative estimate of drug-likeness (QED) is 0.431. The normalized spacial score (nSPS) is 12.8. The van der Waals surface area contributed by atoms with Gasteiger partial charge < -0.3 is 5.11 Å². The first-order valence-corrected chi connectivity index (χ1v) is 9.70. The zero-order valence-corrected chi connectivity index (χ0v) is 15.4.